The molecule has 0 amide bonds. The molecule has 0 fully saturated rings. The van der Waals surface area contributed by atoms with Crippen LogP contribution in [-0.2, 0) is 13.1 Å². The van der Waals surface area contributed by atoms with Crippen LogP contribution in [0.4, 0.5) is 5.82 Å². The molecule has 1 unspecified atom stereocenters. The fourth-order valence-corrected chi connectivity index (χ4v) is 2.38. The van der Waals surface area contributed by atoms with Crippen LogP contribution < -0.4 is 11.0 Å². The second-order valence-electron chi connectivity index (χ2n) is 4.48. The molecule has 6 nitrogen and oxygen atoms in total. The number of fused-ring (bicyclic) bond motifs is 3. The van der Waals surface area contributed by atoms with Gasteiger partial charge in [0.1, 0.15) is 17.8 Å². The molecule has 3 aliphatic heterocycles. The highest BCUT2D eigenvalue weighted by atomic mass is 16.1. The van der Waals surface area contributed by atoms with E-state index in [9.17, 15) is 4.79 Å². The predicted molar refractivity (Wildman–Crippen MR) is 64.3 cm³/mol. The molecule has 3 rings (SSSR count). The quantitative estimate of drug-likeness (QED) is 0.832. The van der Waals surface area contributed by atoms with Crippen LogP contribution in [0.3, 0.4) is 0 Å². The molecule has 0 saturated heterocycles. The van der Waals surface area contributed by atoms with Gasteiger partial charge in [0.15, 0.2) is 5.82 Å². The Labute approximate surface area is 98.7 Å². The molecular formula is C11H15N5O. The van der Waals surface area contributed by atoms with Gasteiger partial charge in [0.2, 0.25) is 0 Å². The highest BCUT2D eigenvalue weighted by molar-refractivity contribution is 5.69. The topological polar surface area (TPSA) is 64.7 Å². The van der Waals surface area contributed by atoms with Gasteiger partial charge < -0.3 is 5.32 Å². The molecule has 0 spiro atoms. The first-order chi connectivity index (χ1) is 8.22. The van der Waals surface area contributed by atoms with E-state index in [1.165, 1.54) is 6.33 Å². The number of hydrogen-bond acceptors (Lipinski definition) is 4. The minimum Gasteiger partial charge on any atom is -0.365 e. The zero-order valence-electron chi connectivity index (χ0n) is 9.97. The van der Waals surface area contributed by atoms with Crippen LogP contribution in [-0.4, -0.2) is 25.1 Å². The van der Waals surface area contributed by atoms with Gasteiger partial charge in [-0.05, 0) is 13.3 Å². The molecule has 3 heterocycles. The largest absolute Gasteiger partial charge is 0.365 e. The molecule has 1 atom stereocenters. The van der Waals surface area contributed by atoms with Crippen LogP contribution in [0.5, 0.6) is 0 Å². The van der Waals surface area contributed by atoms with Crippen LogP contribution >= 0.6 is 0 Å². The summed E-state index contributed by atoms with van der Waals surface area (Å²) >= 11 is 0. The van der Waals surface area contributed by atoms with Gasteiger partial charge in [0.05, 0.1) is 0 Å². The van der Waals surface area contributed by atoms with Crippen molar-refractivity contribution < 1.29 is 0 Å². The number of anilines is 1. The Morgan fingerprint density at radius 1 is 1.53 bits per heavy atom. The Kier molecular flexibility index (Phi) is 2.17. The lowest BCUT2D eigenvalue weighted by atomic mass is 10.3. The highest BCUT2D eigenvalue weighted by Gasteiger charge is 2.28. The molecule has 0 aromatic heterocycles. The van der Waals surface area contributed by atoms with Gasteiger partial charge in [-0.3, -0.25) is 9.13 Å². The fraction of sp³-hybridized carbons (Fsp3) is 0.545. The molecule has 0 bridgehead atoms. The van der Waals surface area contributed by atoms with Crippen molar-refractivity contribution in [2.24, 2.45) is 0 Å². The first-order valence-corrected chi connectivity index (χ1v) is 5.93. The standard InChI is InChI=1S/C11H15N5O/c1-3-4-15-9-8(12-6-13-9)10-14-7(2)5-16(10)11(15)17/h6-7,14H,3-5H2,1-2H3. The minimum absolute atomic E-state index is 0.00620. The number of hydrogen-bond donors (Lipinski definition) is 1. The van der Waals surface area contributed by atoms with Gasteiger partial charge >= 0.3 is 5.69 Å². The van der Waals surface area contributed by atoms with E-state index in [1.807, 2.05) is 6.92 Å². The van der Waals surface area contributed by atoms with Crippen LogP contribution in [0.2, 0.25) is 0 Å². The molecule has 6 heteroatoms. The lowest BCUT2D eigenvalue weighted by molar-refractivity contribution is 0.572. The smallest absolute Gasteiger partial charge is 0.331 e. The first-order valence-electron chi connectivity index (χ1n) is 5.93. The summed E-state index contributed by atoms with van der Waals surface area (Å²) in [6.45, 7) is 5.48. The molecule has 0 saturated carbocycles. The van der Waals surface area contributed by atoms with E-state index in [1.54, 1.807) is 9.13 Å². The highest BCUT2D eigenvalue weighted by Crippen LogP contribution is 2.28. The Bertz CT molecular complexity index is 584. The van der Waals surface area contributed by atoms with Crippen molar-refractivity contribution in [3.05, 3.63) is 16.8 Å². The third kappa shape index (κ3) is 1.36. The maximum atomic E-state index is 12.3. The molecule has 0 radical (unpaired) electrons. The number of nitrogens with one attached hydrogen (secondary N) is 1. The van der Waals surface area contributed by atoms with Gasteiger partial charge in [-0.15, -0.1) is 0 Å². The summed E-state index contributed by atoms with van der Waals surface area (Å²) in [7, 11) is 0. The molecule has 3 aliphatic rings. The predicted octanol–water partition coefficient (Wildman–Crippen LogP) is 0.769. The maximum Gasteiger partial charge on any atom is 0.331 e. The van der Waals surface area contributed by atoms with Gasteiger partial charge in [-0.2, -0.15) is 0 Å². The van der Waals surface area contributed by atoms with Gasteiger partial charge in [-0.1, -0.05) is 6.92 Å². The third-order valence-corrected chi connectivity index (χ3v) is 3.08. The van der Waals surface area contributed by atoms with E-state index in [2.05, 4.69) is 22.2 Å². The molecule has 0 aromatic carbocycles. The Hall–Kier alpha value is -1.85. The van der Waals surface area contributed by atoms with Gasteiger partial charge in [-0.25, -0.2) is 14.8 Å². The lowest BCUT2D eigenvalue weighted by Gasteiger charge is -2.13. The summed E-state index contributed by atoms with van der Waals surface area (Å²) in [5.74, 6) is 1.49. The van der Waals surface area contributed by atoms with Crippen LogP contribution in [0.1, 0.15) is 20.3 Å². The molecule has 0 aromatic rings. The number of nitrogens with zero attached hydrogens (tertiary/aromatic N) is 4. The maximum absolute atomic E-state index is 12.3. The Morgan fingerprint density at radius 3 is 3.12 bits per heavy atom. The van der Waals surface area contributed by atoms with Crippen molar-refractivity contribution in [3.8, 4) is 11.5 Å². The summed E-state index contributed by atoms with van der Waals surface area (Å²) in [6.07, 6.45) is 2.42. The Balaban J connectivity index is 2.31. The SMILES string of the molecule is CCCn1c2ncnc-2c2n(c1=O)CC(C)N2. The second kappa shape index (κ2) is 3.58. The first kappa shape index (κ1) is 10.3. The van der Waals surface area contributed by atoms with E-state index in [0.717, 1.165) is 17.9 Å². The van der Waals surface area contributed by atoms with Crippen molar-refractivity contribution in [2.75, 3.05) is 5.32 Å². The summed E-state index contributed by atoms with van der Waals surface area (Å²) in [5.41, 5.74) is 0.800. The van der Waals surface area contributed by atoms with Crippen LogP contribution in [0.15, 0.2) is 11.1 Å². The fourth-order valence-electron chi connectivity index (χ4n) is 2.38. The summed E-state index contributed by atoms with van der Waals surface area (Å²) in [4.78, 5) is 20.8. The zero-order valence-corrected chi connectivity index (χ0v) is 9.97. The van der Waals surface area contributed by atoms with E-state index in [0.29, 0.717) is 18.9 Å². The molecule has 1 N–H and O–H groups in total. The van der Waals surface area contributed by atoms with Crippen molar-refractivity contribution in [1.82, 2.24) is 19.1 Å². The zero-order chi connectivity index (χ0) is 12.0. The third-order valence-electron chi connectivity index (χ3n) is 3.08. The molecule has 0 aliphatic carbocycles. The van der Waals surface area contributed by atoms with Crippen LogP contribution in [0, 0.1) is 0 Å². The lowest BCUT2D eigenvalue weighted by Crippen LogP contribution is -2.32. The summed E-state index contributed by atoms with van der Waals surface area (Å²) in [5, 5.41) is 3.28. The normalized spacial score (nSPS) is 18.4. The average molecular weight is 233 g/mol. The van der Waals surface area contributed by atoms with Crippen molar-refractivity contribution in [1.29, 1.82) is 0 Å². The molecule has 17 heavy (non-hydrogen) atoms. The van der Waals surface area contributed by atoms with Crippen molar-refractivity contribution >= 4 is 5.82 Å². The second-order valence-corrected chi connectivity index (χ2v) is 4.48. The van der Waals surface area contributed by atoms with E-state index >= 15 is 0 Å². The Morgan fingerprint density at radius 2 is 2.35 bits per heavy atom. The minimum atomic E-state index is 0.00620. The van der Waals surface area contributed by atoms with Crippen molar-refractivity contribution in [2.45, 2.75) is 39.4 Å². The average Bonchev–Trinajstić information content (AvgIpc) is 2.89. The van der Waals surface area contributed by atoms with E-state index < -0.39 is 0 Å². The summed E-state index contributed by atoms with van der Waals surface area (Å²) < 4.78 is 3.48. The van der Waals surface area contributed by atoms with Crippen LogP contribution in [0.25, 0.3) is 11.5 Å². The van der Waals surface area contributed by atoms with Crippen molar-refractivity contribution in [3.63, 3.8) is 0 Å². The molecule has 90 valence electrons. The number of aromatic nitrogens is 4. The molecular weight excluding hydrogens is 218 g/mol. The summed E-state index contributed by atoms with van der Waals surface area (Å²) in [6, 6.07) is 0.264. The number of rotatable bonds is 2. The van der Waals surface area contributed by atoms with Gasteiger partial charge in [0.25, 0.3) is 0 Å². The van der Waals surface area contributed by atoms with E-state index in [-0.39, 0.29) is 11.7 Å². The monoisotopic (exact) mass is 233 g/mol. The van der Waals surface area contributed by atoms with Gasteiger partial charge in [0, 0.05) is 19.1 Å². The van der Waals surface area contributed by atoms with E-state index in [4.69, 9.17) is 0 Å². The number of imidazole rings is 1.